The van der Waals surface area contributed by atoms with Crippen LogP contribution in [0.25, 0.3) is 0 Å². The van der Waals surface area contributed by atoms with Gasteiger partial charge in [0.05, 0.1) is 24.9 Å². The molecule has 0 aromatic heterocycles. The average molecular weight is 299 g/mol. The second kappa shape index (κ2) is 7.04. The molecule has 112 valence electrons. The number of hydrogen-bond acceptors (Lipinski definition) is 4. The lowest BCUT2D eigenvalue weighted by Crippen LogP contribution is -2.33. The van der Waals surface area contributed by atoms with Crippen molar-refractivity contribution in [2.75, 3.05) is 46.2 Å². The molecule has 20 heavy (non-hydrogen) atoms. The van der Waals surface area contributed by atoms with Gasteiger partial charge in [0.2, 0.25) is 0 Å². The van der Waals surface area contributed by atoms with E-state index in [1.54, 1.807) is 20.3 Å². The van der Waals surface area contributed by atoms with Gasteiger partial charge in [-0.1, -0.05) is 11.6 Å². The molecule has 1 aliphatic heterocycles. The van der Waals surface area contributed by atoms with Crippen molar-refractivity contribution in [3.05, 3.63) is 17.2 Å². The van der Waals surface area contributed by atoms with Gasteiger partial charge in [-0.05, 0) is 38.9 Å². The fourth-order valence-electron chi connectivity index (χ4n) is 2.52. The maximum absolute atomic E-state index is 6.11. The lowest BCUT2D eigenvalue weighted by molar-refractivity contribution is 0.226. The molecule has 1 fully saturated rings. The summed E-state index contributed by atoms with van der Waals surface area (Å²) in [5.74, 6) is 2.12. The van der Waals surface area contributed by atoms with Gasteiger partial charge in [-0.3, -0.25) is 0 Å². The van der Waals surface area contributed by atoms with Crippen LogP contribution in [0.2, 0.25) is 5.02 Å². The third kappa shape index (κ3) is 3.70. The van der Waals surface area contributed by atoms with Crippen LogP contribution in [0.15, 0.2) is 12.1 Å². The van der Waals surface area contributed by atoms with Gasteiger partial charge in [-0.2, -0.15) is 0 Å². The molecule has 5 heteroatoms. The van der Waals surface area contributed by atoms with Gasteiger partial charge in [0.1, 0.15) is 11.5 Å². The van der Waals surface area contributed by atoms with E-state index < -0.39 is 0 Å². The molecular formula is C15H23ClN2O2. The van der Waals surface area contributed by atoms with Gasteiger partial charge < -0.3 is 19.7 Å². The van der Waals surface area contributed by atoms with E-state index in [0.717, 1.165) is 18.0 Å². The van der Waals surface area contributed by atoms with Crippen molar-refractivity contribution in [3.8, 4) is 11.5 Å². The molecule has 1 aromatic carbocycles. The number of ether oxygens (including phenoxy) is 2. The minimum atomic E-state index is 0.564. The van der Waals surface area contributed by atoms with Gasteiger partial charge in [-0.25, -0.2) is 0 Å². The Morgan fingerprint density at radius 3 is 2.45 bits per heavy atom. The molecular weight excluding hydrogens is 276 g/mol. The molecule has 1 aromatic rings. The summed E-state index contributed by atoms with van der Waals surface area (Å²) in [4.78, 5) is 2.38. The van der Waals surface area contributed by atoms with Crippen LogP contribution in [-0.4, -0.2) is 45.8 Å². The second-order valence-electron chi connectivity index (χ2n) is 5.31. The van der Waals surface area contributed by atoms with Crippen LogP contribution in [0, 0.1) is 5.92 Å². The number of nitrogens with zero attached hydrogens (tertiary/aromatic N) is 1. The third-order valence-electron chi connectivity index (χ3n) is 3.89. The standard InChI is InChI=1S/C15H23ClN2O2/c1-18-6-4-11(5-7-18)10-17-13-9-14(19-2)12(16)8-15(13)20-3/h8-9,11,17H,4-7,10H2,1-3H3. The number of nitrogens with one attached hydrogen (secondary N) is 1. The van der Waals surface area contributed by atoms with Crippen molar-refractivity contribution >= 4 is 17.3 Å². The van der Waals surface area contributed by atoms with Crippen LogP contribution < -0.4 is 14.8 Å². The molecule has 1 N–H and O–H groups in total. The monoisotopic (exact) mass is 298 g/mol. The third-order valence-corrected chi connectivity index (χ3v) is 4.19. The number of hydrogen-bond donors (Lipinski definition) is 1. The Morgan fingerprint density at radius 2 is 1.85 bits per heavy atom. The molecule has 0 aliphatic carbocycles. The topological polar surface area (TPSA) is 33.7 Å². The summed E-state index contributed by atoms with van der Waals surface area (Å²) in [6.07, 6.45) is 2.47. The molecule has 1 saturated heterocycles. The van der Waals surface area contributed by atoms with Crippen molar-refractivity contribution in [1.82, 2.24) is 4.90 Å². The van der Waals surface area contributed by atoms with Crippen LogP contribution in [0.5, 0.6) is 11.5 Å². The minimum Gasteiger partial charge on any atom is -0.495 e. The Hall–Kier alpha value is -1.13. The van der Waals surface area contributed by atoms with Crippen LogP contribution in [0.1, 0.15) is 12.8 Å². The van der Waals surface area contributed by atoms with Crippen molar-refractivity contribution in [2.24, 2.45) is 5.92 Å². The van der Waals surface area contributed by atoms with E-state index in [1.807, 2.05) is 6.07 Å². The van der Waals surface area contributed by atoms with Gasteiger partial charge in [-0.15, -0.1) is 0 Å². The molecule has 1 heterocycles. The van der Waals surface area contributed by atoms with E-state index in [9.17, 15) is 0 Å². The minimum absolute atomic E-state index is 0.564. The molecule has 0 radical (unpaired) electrons. The Balaban J connectivity index is 2.01. The number of rotatable bonds is 5. The Bertz CT molecular complexity index is 446. The Morgan fingerprint density at radius 1 is 1.20 bits per heavy atom. The molecule has 4 nitrogen and oxygen atoms in total. The molecule has 1 aliphatic rings. The zero-order chi connectivity index (χ0) is 14.5. The first-order valence-corrected chi connectivity index (χ1v) is 7.35. The highest BCUT2D eigenvalue weighted by Gasteiger charge is 2.17. The summed E-state index contributed by atoms with van der Waals surface area (Å²) in [7, 11) is 5.45. The van der Waals surface area contributed by atoms with Crippen LogP contribution in [-0.2, 0) is 0 Å². The Labute approximate surface area is 126 Å². The summed E-state index contributed by atoms with van der Waals surface area (Å²) in [5, 5.41) is 4.03. The molecule has 2 rings (SSSR count). The number of halogens is 1. The van der Waals surface area contributed by atoms with E-state index in [4.69, 9.17) is 21.1 Å². The molecule has 0 atom stereocenters. The number of piperidine rings is 1. The summed E-state index contributed by atoms with van der Waals surface area (Å²) in [6, 6.07) is 3.69. The van der Waals surface area contributed by atoms with Crippen molar-refractivity contribution in [2.45, 2.75) is 12.8 Å². The van der Waals surface area contributed by atoms with Crippen LogP contribution in [0.3, 0.4) is 0 Å². The highest BCUT2D eigenvalue weighted by Crippen LogP contribution is 2.36. The molecule has 0 amide bonds. The number of benzene rings is 1. The number of anilines is 1. The molecule has 0 spiro atoms. The quantitative estimate of drug-likeness (QED) is 0.905. The molecule has 0 saturated carbocycles. The van der Waals surface area contributed by atoms with Gasteiger partial charge in [0, 0.05) is 18.7 Å². The zero-order valence-corrected chi connectivity index (χ0v) is 13.2. The lowest BCUT2D eigenvalue weighted by Gasteiger charge is -2.29. The molecule has 0 bridgehead atoms. The van der Waals surface area contributed by atoms with Crippen molar-refractivity contribution in [1.29, 1.82) is 0 Å². The fraction of sp³-hybridized carbons (Fsp3) is 0.600. The second-order valence-corrected chi connectivity index (χ2v) is 5.72. The average Bonchev–Trinajstić information content (AvgIpc) is 2.47. The highest BCUT2D eigenvalue weighted by molar-refractivity contribution is 6.32. The van der Waals surface area contributed by atoms with E-state index in [-0.39, 0.29) is 0 Å². The SMILES string of the molecule is COc1cc(NCC2CCN(C)CC2)c(OC)cc1Cl. The largest absolute Gasteiger partial charge is 0.495 e. The summed E-state index contributed by atoms with van der Waals surface area (Å²) >= 11 is 6.11. The predicted molar refractivity (Wildman–Crippen MR) is 83.3 cm³/mol. The van der Waals surface area contributed by atoms with E-state index in [2.05, 4.69) is 17.3 Å². The van der Waals surface area contributed by atoms with Gasteiger partial charge >= 0.3 is 0 Å². The summed E-state index contributed by atoms with van der Waals surface area (Å²) in [6.45, 7) is 3.30. The lowest BCUT2D eigenvalue weighted by atomic mass is 9.97. The fourth-order valence-corrected chi connectivity index (χ4v) is 2.75. The zero-order valence-electron chi connectivity index (χ0n) is 12.4. The van der Waals surface area contributed by atoms with Gasteiger partial charge in [0.25, 0.3) is 0 Å². The smallest absolute Gasteiger partial charge is 0.143 e. The maximum Gasteiger partial charge on any atom is 0.143 e. The first kappa shape index (κ1) is 15.3. The normalized spacial score (nSPS) is 17.0. The van der Waals surface area contributed by atoms with E-state index in [1.165, 1.54) is 25.9 Å². The highest BCUT2D eigenvalue weighted by atomic mass is 35.5. The predicted octanol–water partition coefficient (Wildman–Crippen LogP) is 3.11. The van der Waals surface area contributed by atoms with Crippen LogP contribution in [0.4, 0.5) is 5.69 Å². The van der Waals surface area contributed by atoms with Crippen LogP contribution >= 0.6 is 11.6 Å². The van der Waals surface area contributed by atoms with Crippen molar-refractivity contribution in [3.63, 3.8) is 0 Å². The first-order chi connectivity index (χ1) is 9.63. The summed E-state index contributed by atoms with van der Waals surface area (Å²) < 4.78 is 10.6. The van der Waals surface area contributed by atoms with E-state index in [0.29, 0.717) is 16.7 Å². The van der Waals surface area contributed by atoms with Gasteiger partial charge in [0.15, 0.2) is 0 Å². The Kier molecular flexibility index (Phi) is 5.38. The van der Waals surface area contributed by atoms with E-state index >= 15 is 0 Å². The summed E-state index contributed by atoms with van der Waals surface area (Å²) in [5.41, 5.74) is 0.938. The first-order valence-electron chi connectivity index (χ1n) is 6.98. The van der Waals surface area contributed by atoms with Crippen molar-refractivity contribution < 1.29 is 9.47 Å². The maximum atomic E-state index is 6.11. The molecule has 0 unspecified atom stereocenters. The number of likely N-dealkylation sites (tertiary alicyclic amines) is 1. The number of methoxy groups -OCH3 is 2.